The second-order valence-electron chi connectivity index (χ2n) is 13.8. The molecule has 1 unspecified atom stereocenters. The van der Waals surface area contributed by atoms with Crippen molar-refractivity contribution in [2.75, 3.05) is 10.6 Å². The van der Waals surface area contributed by atoms with E-state index in [0.717, 1.165) is 65.0 Å². The first-order chi connectivity index (χ1) is 24.6. The van der Waals surface area contributed by atoms with Gasteiger partial charge in [0.2, 0.25) is 0 Å². The maximum Gasteiger partial charge on any atom is 0.333 e. The molecule has 4 amide bonds. The highest BCUT2D eigenvalue weighted by atomic mass is 32.2. The number of hydrogen-bond donors (Lipinski definition) is 4. The van der Waals surface area contributed by atoms with Gasteiger partial charge in [0, 0.05) is 23.8 Å². The molecule has 0 bridgehead atoms. The molecule has 2 aliphatic rings. The number of sulfonamides is 2. The van der Waals surface area contributed by atoms with Crippen molar-refractivity contribution in [1.82, 2.24) is 29.4 Å². The number of urea groups is 2. The first-order valence-corrected chi connectivity index (χ1v) is 20.2. The van der Waals surface area contributed by atoms with Gasteiger partial charge in [-0.05, 0) is 96.6 Å². The number of fused-ring (bicyclic) bond motifs is 2. The van der Waals surface area contributed by atoms with Gasteiger partial charge in [-0.1, -0.05) is 52.0 Å². The van der Waals surface area contributed by atoms with E-state index < -0.39 is 32.1 Å². The zero-order valence-electron chi connectivity index (χ0n) is 29.6. The van der Waals surface area contributed by atoms with E-state index in [-0.39, 0.29) is 27.8 Å². The molecule has 2 aromatic carbocycles. The Morgan fingerprint density at radius 2 is 1.37 bits per heavy atom. The SMILES string of the molecule is Cc1cncc(S(=O)(=O)NC(=O)Nc2c3c(cc4c2CCC4Cc2cncc(S(=O)(=O)NC(=O)Nc4c(C(C)C)cccc4C(C)C)n2)CCC3)n1. The number of carbonyl (C=O) groups excluding carboxylic acids is 2. The van der Waals surface area contributed by atoms with E-state index in [0.29, 0.717) is 42.0 Å². The standard InChI is InChI=1S/C36H42N8O6S2/c1-20(2)26-9-7-10-27(21(3)4)33(26)41-35(45)44-52(49,50)32-19-38-17-25(40-32)14-24-12-13-29-30(24)15-23-8-6-11-28(23)34(29)42-36(46)43-51(47,48)31-18-37-16-22(5)39-31/h7,9-10,15-21,24H,6,8,11-14H2,1-5H3,(H2,41,44,45)(H2,42,43,46). The summed E-state index contributed by atoms with van der Waals surface area (Å²) >= 11 is 0. The van der Waals surface area contributed by atoms with Gasteiger partial charge in [0.1, 0.15) is 0 Å². The van der Waals surface area contributed by atoms with Crippen molar-refractivity contribution in [3.8, 4) is 0 Å². The molecule has 2 aliphatic carbocycles. The minimum atomic E-state index is -4.38. The van der Waals surface area contributed by atoms with E-state index >= 15 is 0 Å². The lowest BCUT2D eigenvalue weighted by Gasteiger charge is -2.20. The lowest BCUT2D eigenvalue weighted by atomic mass is 9.92. The van der Waals surface area contributed by atoms with Crippen LogP contribution in [0.15, 0.2) is 59.1 Å². The summed E-state index contributed by atoms with van der Waals surface area (Å²) in [5.74, 6) is 0.116. The van der Waals surface area contributed by atoms with Gasteiger partial charge in [-0.3, -0.25) is 9.97 Å². The molecule has 14 nitrogen and oxygen atoms in total. The minimum absolute atomic E-state index is 0.0682. The molecule has 16 heteroatoms. The molecule has 4 N–H and O–H groups in total. The second-order valence-corrected chi connectivity index (χ2v) is 17.1. The predicted octanol–water partition coefficient (Wildman–Crippen LogP) is 5.60. The van der Waals surface area contributed by atoms with Gasteiger partial charge >= 0.3 is 12.1 Å². The van der Waals surface area contributed by atoms with Crippen LogP contribution in [0.1, 0.15) is 103 Å². The molecule has 0 aliphatic heterocycles. The van der Waals surface area contributed by atoms with Gasteiger partial charge in [0.05, 0.1) is 23.8 Å². The van der Waals surface area contributed by atoms with Crippen LogP contribution in [-0.2, 0) is 45.7 Å². The van der Waals surface area contributed by atoms with Crippen LogP contribution in [0.4, 0.5) is 21.0 Å². The van der Waals surface area contributed by atoms with Crippen molar-refractivity contribution >= 4 is 43.5 Å². The largest absolute Gasteiger partial charge is 0.333 e. The van der Waals surface area contributed by atoms with Gasteiger partial charge < -0.3 is 10.6 Å². The summed E-state index contributed by atoms with van der Waals surface area (Å²) in [7, 11) is -8.64. The summed E-state index contributed by atoms with van der Waals surface area (Å²) in [6.45, 7) is 9.61. The summed E-state index contributed by atoms with van der Waals surface area (Å²) < 4.78 is 56.6. The van der Waals surface area contributed by atoms with Crippen molar-refractivity contribution in [1.29, 1.82) is 0 Å². The molecular weight excluding hydrogens is 705 g/mol. The van der Waals surface area contributed by atoms with Crippen molar-refractivity contribution in [2.24, 2.45) is 0 Å². The molecule has 0 spiro atoms. The highest BCUT2D eigenvalue weighted by Crippen LogP contribution is 2.44. The molecule has 2 aromatic heterocycles. The maximum absolute atomic E-state index is 13.4. The summed E-state index contributed by atoms with van der Waals surface area (Å²) in [4.78, 5) is 42.6. The number of hydrogen-bond acceptors (Lipinski definition) is 10. The fraction of sp³-hybridized carbons (Fsp3) is 0.389. The van der Waals surface area contributed by atoms with Gasteiger partial charge in [-0.25, -0.2) is 29.0 Å². The van der Waals surface area contributed by atoms with Crippen molar-refractivity contribution < 1.29 is 26.4 Å². The van der Waals surface area contributed by atoms with Crippen LogP contribution in [-0.4, -0.2) is 48.8 Å². The monoisotopic (exact) mass is 746 g/mol. The number of para-hydroxylation sites is 1. The zero-order valence-corrected chi connectivity index (χ0v) is 31.3. The molecule has 52 heavy (non-hydrogen) atoms. The number of aromatic nitrogens is 4. The normalized spacial score (nSPS) is 15.3. The van der Waals surface area contributed by atoms with Crippen LogP contribution in [0, 0.1) is 6.92 Å². The molecular formula is C36H42N8O6S2. The van der Waals surface area contributed by atoms with Gasteiger partial charge in [0.25, 0.3) is 20.0 Å². The van der Waals surface area contributed by atoms with E-state index in [9.17, 15) is 26.4 Å². The van der Waals surface area contributed by atoms with Crippen LogP contribution in [0.2, 0.25) is 0 Å². The average Bonchev–Trinajstić information content (AvgIpc) is 3.71. The van der Waals surface area contributed by atoms with E-state index in [1.165, 1.54) is 12.4 Å². The number of nitrogens with zero attached hydrogens (tertiary/aromatic N) is 4. The number of benzene rings is 2. The smallest absolute Gasteiger partial charge is 0.307 e. The first kappa shape index (κ1) is 36.8. The summed E-state index contributed by atoms with van der Waals surface area (Å²) in [5.41, 5.74) is 7.74. The molecule has 274 valence electrons. The quantitative estimate of drug-likeness (QED) is 0.158. The Bertz CT molecular complexity index is 2250. The van der Waals surface area contributed by atoms with E-state index in [2.05, 4.69) is 46.1 Å². The third kappa shape index (κ3) is 7.77. The number of aryl methyl sites for hydroxylation is 2. The van der Waals surface area contributed by atoms with Crippen LogP contribution in [0.3, 0.4) is 0 Å². The molecule has 6 rings (SSSR count). The number of anilines is 2. The van der Waals surface area contributed by atoms with Crippen LogP contribution >= 0.6 is 0 Å². The van der Waals surface area contributed by atoms with E-state index in [4.69, 9.17) is 0 Å². The highest BCUT2D eigenvalue weighted by molar-refractivity contribution is 7.90. The zero-order chi connectivity index (χ0) is 37.4. The summed E-state index contributed by atoms with van der Waals surface area (Å²) in [6, 6.07) is 6.08. The Labute approximate surface area is 303 Å². The lowest BCUT2D eigenvalue weighted by Crippen LogP contribution is -2.35. The average molecular weight is 747 g/mol. The Balaban J connectivity index is 1.19. The van der Waals surface area contributed by atoms with E-state index in [1.807, 2.05) is 45.9 Å². The molecule has 0 radical (unpaired) electrons. The lowest BCUT2D eigenvalue weighted by molar-refractivity contribution is 0.255. The Kier molecular flexibility index (Phi) is 10.3. The van der Waals surface area contributed by atoms with Crippen molar-refractivity contribution in [3.05, 3.63) is 93.8 Å². The Morgan fingerprint density at radius 3 is 1.98 bits per heavy atom. The van der Waals surface area contributed by atoms with Gasteiger partial charge in [0.15, 0.2) is 10.1 Å². The number of amides is 4. The molecule has 2 heterocycles. The molecule has 0 saturated heterocycles. The Morgan fingerprint density at radius 1 is 0.769 bits per heavy atom. The Hall–Kier alpha value is -4.96. The fourth-order valence-electron chi connectivity index (χ4n) is 7.04. The second kappa shape index (κ2) is 14.6. The van der Waals surface area contributed by atoms with Crippen molar-refractivity contribution in [3.63, 3.8) is 0 Å². The third-order valence-electron chi connectivity index (χ3n) is 9.43. The highest BCUT2D eigenvalue weighted by Gasteiger charge is 2.32. The van der Waals surface area contributed by atoms with Crippen LogP contribution < -0.4 is 20.1 Å². The van der Waals surface area contributed by atoms with Crippen LogP contribution in [0.5, 0.6) is 0 Å². The first-order valence-electron chi connectivity index (χ1n) is 17.2. The number of carbonyl (C=O) groups is 2. The van der Waals surface area contributed by atoms with Gasteiger partial charge in [-0.15, -0.1) is 0 Å². The molecule has 1 atom stereocenters. The fourth-order valence-corrected chi connectivity index (χ4v) is 8.74. The summed E-state index contributed by atoms with van der Waals surface area (Å²) in [5, 5.41) is 4.84. The number of nitrogens with one attached hydrogen (secondary N) is 4. The van der Waals surface area contributed by atoms with Crippen LogP contribution in [0.25, 0.3) is 0 Å². The molecule has 4 aromatic rings. The van der Waals surface area contributed by atoms with Crippen molar-refractivity contribution in [2.45, 2.75) is 101 Å². The number of rotatable bonds is 10. The third-order valence-corrected chi connectivity index (χ3v) is 11.8. The van der Waals surface area contributed by atoms with Gasteiger partial charge in [-0.2, -0.15) is 16.8 Å². The topological polar surface area (TPSA) is 202 Å². The minimum Gasteiger partial charge on any atom is -0.307 e. The molecule has 0 saturated carbocycles. The predicted molar refractivity (Wildman–Crippen MR) is 195 cm³/mol. The maximum atomic E-state index is 13.4. The molecule has 0 fully saturated rings. The summed E-state index contributed by atoms with van der Waals surface area (Å²) in [6.07, 6.45) is 9.22. The van der Waals surface area contributed by atoms with E-state index in [1.54, 1.807) is 6.92 Å².